The molecule has 1 saturated carbocycles. The number of aliphatic hydroxyl groups excluding tert-OH is 1. The number of aromatic amines is 1. The summed E-state index contributed by atoms with van der Waals surface area (Å²) in [5.41, 5.74) is 2.31. The zero-order chi connectivity index (χ0) is 22.2. The first-order valence-electron chi connectivity index (χ1n) is 11.1. The SMILES string of the molecule is COc1ccc(C(=O)C2=C(O)C(=O)N(c3ccc4[nH]ccc4c3)C2C2CCCCC2)cc1. The highest BCUT2D eigenvalue weighted by atomic mass is 16.5. The van der Waals surface area contributed by atoms with E-state index in [1.54, 1.807) is 36.3 Å². The molecule has 5 rings (SSSR count). The maximum atomic E-state index is 13.6. The molecule has 6 nitrogen and oxygen atoms in total. The summed E-state index contributed by atoms with van der Waals surface area (Å²) >= 11 is 0. The van der Waals surface area contributed by atoms with Crippen molar-refractivity contribution >= 4 is 28.3 Å². The average molecular weight is 431 g/mol. The van der Waals surface area contributed by atoms with Gasteiger partial charge in [-0.15, -0.1) is 0 Å². The first kappa shape index (κ1) is 20.4. The number of hydrogen-bond acceptors (Lipinski definition) is 4. The van der Waals surface area contributed by atoms with E-state index in [-0.39, 0.29) is 17.3 Å². The number of carbonyl (C=O) groups is 2. The molecule has 1 atom stereocenters. The second kappa shape index (κ2) is 8.19. The fraction of sp³-hybridized carbons (Fsp3) is 0.308. The number of aromatic nitrogens is 1. The fourth-order valence-electron chi connectivity index (χ4n) is 5.13. The van der Waals surface area contributed by atoms with Gasteiger partial charge in [0.1, 0.15) is 5.75 Å². The lowest BCUT2D eigenvalue weighted by Gasteiger charge is -2.35. The molecule has 1 aliphatic heterocycles. The quantitative estimate of drug-likeness (QED) is 0.547. The predicted octanol–water partition coefficient (Wildman–Crippen LogP) is 5.17. The summed E-state index contributed by atoms with van der Waals surface area (Å²) in [5, 5.41) is 11.9. The molecule has 3 aromatic rings. The molecule has 2 aromatic carbocycles. The van der Waals surface area contributed by atoms with Gasteiger partial charge in [0, 0.05) is 28.4 Å². The van der Waals surface area contributed by atoms with Crippen LogP contribution < -0.4 is 9.64 Å². The highest BCUT2D eigenvalue weighted by molar-refractivity contribution is 6.21. The monoisotopic (exact) mass is 430 g/mol. The van der Waals surface area contributed by atoms with Crippen LogP contribution in [0.5, 0.6) is 5.75 Å². The van der Waals surface area contributed by atoms with Crippen molar-refractivity contribution in [3.63, 3.8) is 0 Å². The largest absolute Gasteiger partial charge is 0.503 e. The molecule has 2 aliphatic rings. The van der Waals surface area contributed by atoms with E-state index in [2.05, 4.69) is 4.98 Å². The van der Waals surface area contributed by atoms with Gasteiger partial charge in [0.15, 0.2) is 11.5 Å². The first-order valence-corrected chi connectivity index (χ1v) is 11.1. The van der Waals surface area contributed by atoms with Gasteiger partial charge < -0.3 is 14.8 Å². The highest BCUT2D eigenvalue weighted by Crippen LogP contribution is 2.41. The summed E-state index contributed by atoms with van der Waals surface area (Å²) in [6, 6.07) is 14.0. The lowest BCUT2D eigenvalue weighted by molar-refractivity contribution is -0.117. The Balaban J connectivity index is 1.58. The molecule has 0 saturated heterocycles. The Bertz CT molecular complexity index is 1200. The van der Waals surface area contributed by atoms with Crippen molar-refractivity contribution in [3.8, 4) is 5.75 Å². The third-order valence-electron chi connectivity index (χ3n) is 6.76. The molecule has 2 N–H and O–H groups in total. The number of ether oxygens (including phenoxy) is 1. The molecule has 1 aliphatic carbocycles. The lowest BCUT2D eigenvalue weighted by atomic mass is 9.79. The third kappa shape index (κ3) is 3.36. The van der Waals surface area contributed by atoms with E-state index in [9.17, 15) is 14.7 Å². The molecule has 164 valence electrons. The zero-order valence-corrected chi connectivity index (χ0v) is 18.0. The number of anilines is 1. The number of ketones is 1. The van der Waals surface area contributed by atoms with Crippen LogP contribution in [0.1, 0.15) is 42.5 Å². The number of rotatable bonds is 5. The molecule has 1 unspecified atom stereocenters. The minimum atomic E-state index is -0.507. The van der Waals surface area contributed by atoms with Gasteiger partial charge in [-0.3, -0.25) is 14.5 Å². The van der Waals surface area contributed by atoms with Crippen molar-refractivity contribution in [1.29, 1.82) is 0 Å². The predicted molar refractivity (Wildman–Crippen MR) is 123 cm³/mol. The molecular weight excluding hydrogens is 404 g/mol. The zero-order valence-electron chi connectivity index (χ0n) is 18.0. The van der Waals surface area contributed by atoms with E-state index < -0.39 is 17.7 Å². The van der Waals surface area contributed by atoms with Crippen LogP contribution in [0, 0.1) is 5.92 Å². The van der Waals surface area contributed by atoms with Crippen LogP contribution in [-0.2, 0) is 4.79 Å². The van der Waals surface area contributed by atoms with Crippen molar-refractivity contribution in [2.75, 3.05) is 12.0 Å². The van der Waals surface area contributed by atoms with E-state index in [0.717, 1.165) is 43.0 Å². The van der Waals surface area contributed by atoms with Crippen LogP contribution in [0.25, 0.3) is 10.9 Å². The summed E-state index contributed by atoms with van der Waals surface area (Å²) in [6.07, 6.45) is 6.98. The van der Waals surface area contributed by atoms with Gasteiger partial charge in [-0.05, 0) is 67.3 Å². The molecule has 2 heterocycles. The maximum absolute atomic E-state index is 13.6. The van der Waals surface area contributed by atoms with Gasteiger partial charge >= 0.3 is 0 Å². The Morgan fingerprint density at radius 2 is 1.81 bits per heavy atom. The summed E-state index contributed by atoms with van der Waals surface area (Å²) in [7, 11) is 1.57. The van der Waals surface area contributed by atoms with Crippen LogP contribution in [0.4, 0.5) is 5.69 Å². The second-order valence-corrected chi connectivity index (χ2v) is 8.59. The maximum Gasteiger partial charge on any atom is 0.294 e. The smallest absolute Gasteiger partial charge is 0.294 e. The number of nitrogens with one attached hydrogen (secondary N) is 1. The summed E-state index contributed by atoms with van der Waals surface area (Å²) < 4.78 is 5.19. The van der Waals surface area contributed by atoms with E-state index >= 15 is 0 Å². The van der Waals surface area contributed by atoms with Crippen LogP contribution in [-0.4, -0.2) is 34.9 Å². The Morgan fingerprint density at radius 3 is 2.53 bits per heavy atom. The molecule has 1 fully saturated rings. The molecular formula is C26H26N2O4. The van der Waals surface area contributed by atoms with Crippen molar-refractivity contribution in [1.82, 2.24) is 4.98 Å². The Morgan fingerprint density at radius 1 is 1.06 bits per heavy atom. The topological polar surface area (TPSA) is 82.6 Å². The molecule has 32 heavy (non-hydrogen) atoms. The first-order chi connectivity index (χ1) is 15.6. The van der Waals surface area contributed by atoms with E-state index in [0.29, 0.717) is 17.0 Å². The van der Waals surface area contributed by atoms with Crippen LogP contribution in [0.15, 0.2) is 66.1 Å². The van der Waals surface area contributed by atoms with Gasteiger partial charge in [0.05, 0.1) is 18.7 Å². The van der Waals surface area contributed by atoms with E-state index in [4.69, 9.17) is 4.74 Å². The number of hydrogen-bond donors (Lipinski definition) is 2. The fourth-order valence-corrected chi connectivity index (χ4v) is 5.13. The molecule has 0 bridgehead atoms. The molecule has 1 amide bonds. The minimum absolute atomic E-state index is 0.122. The number of methoxy groups -OCH3 is 1. The van der Waals surface area contributed by atoms with Gasteiger partial charge in [-0.2, -0.15) is 0 Å². The Kier molecular flexibility index (Phi) is 5.21. The summed E-state index contributed by atoms with van der Waals surface area (Å²) in [5.74, 6) is -0.480. The number of Topliss-reactive ketones (excluding diaryl/α,β-unsaturated/α-hetero) is 1. The molecule has 6 heteroatoms. The molecule has 1 aromatic heterocycles. The van der Waals surface area contributed by atoms with Gasteiger partial charge in [-0.1, -0.05) is 19.3 Å². The van der Waals surface area contributed by atoms with Crippen LogP contribution in [0.2, 0.25) is 0 Å². The summed E-state index contributed by atoms with van der Waals surface area (Å²) in [6.45, 7) is 0. The number of H-pyrrole nitrogens is 1. The lowest BCUT2D eigenvalue weighted by Crippen LogP contribution is -2.42. The number of carbonyl (C=O) groups excluding carboxylic acids is 2. The van der Waals surface area contributed by atoms with Crippen molar-refractivity contribution in [2.24, 2.45) is 5.92 Å². The van der Waals surface area contributed by atoms with Gasteiger partial charge in [0.25, 0.3) is 5.91 Å². The second-order valence-electron chi connectivity index (χ2n) is 8.59. The average Bonchev–Trinajstić information content (AvgIpc) is 3.41. The van der Waals surface area contributed by atoms with Crippen LogP contribution in [0.3, 0.4) is 0 Å². The van der Waals surface area contributed by atoms with Crippen molar-refractivity contribution in [3.05, 3.63) is 71.6 Å². The van der Waals surface area contributed by atoms with E-state index in [1.807, 2.05) is 30.5 Å². The standard InChI is InChI=1S/C26H26N2O4/c1-32-20-10-7-17(8-11-20)24(29)22-23(16-5-3-2-4-6-16)28(26(31)25(22)30)19-9-12-21-18(15-19)13-14-27-21/h7-16,23,27,30H,2-6H2,1H3. The van der Waals surface area contributed by atoms with Gasteiger partial charge in [-0.25, -0.2) is 0 Å². The number of benzene rings is 2. The number of fused-ring (bicyclic) bond motifs is 1. The van der Waals surface area contributed by atoms with E-state index in [1.165, 1.54) is 0 Å². The Hall–Kier alpha value is -3.54. The van der Waals surface area contributed by atoms with Crippen molar-refractivity contribution in [2.45, 2.75) is 38.1 Å². The normalized spacial score (nSPS) is 19.7. The molecule has 0 spiro atoms. The Labute approximate surface area is 186 Å². The highest BCUT2D eigenvalue weighted by Gasteiger charge is 2.47. The summed E-state index contributed by atoms with van der Waals surface area (Å²) in [4.78, 5) is 31.7. The number of nitrogens with zero attached hydrogens (tertiary/aromatic N) is 1. The number of amides is 1. The number of aliphatic hydroxyl groups is 1. The molecule has 0 radical (unpaired) electrons. The minimum Gasteiger partial charge on any atom is -0.503 e. The van der Waals surface area contributed by atoms with Crippen LogP contribution >= 0.6 is 0 Å². The third-order valence-corrected chi connectivity index (χ3v) is 6.76. The van der Waals surface area contributed by atoms with Crippen molar-refractivity contribution < 1.29 is 19.4 Å². The van der Waals surface area contributed by atoms with Gasteiger partial charge in [0.2, 0.25) is 0 Å².